The Kier molecular flexibility index (Phi) is 3.96. The summed E-state index contributed by atoms with van der Waals surface area (Å²) in [6.45, 7) is 0. The molecule has 1 aromatic carbocycles. The Bertz CT molecular complexity index is 793. The molecule has 0 aliphatic carbocycles. The molecular formula is C17H19N5O3. The molecule has 4 rings (SSSR count). The van der Waals surface area contributed by atoms with Crippen molar-refractivity contribution >= 4 is 11.6 Å². The van der Waals surface area contributed by atoms with Gasteiger partial charge in [-0.15, -0.1) is 0 Å². The lowest BCUT2D eigenvalue weighted by Gasteiger charge is -2.29. The number of nitro groups is 1. The molecule has 2 unspecified atom stereocenters. The minimum Gasteiger partial charge on any atom is -0.349 e. The quantitative estimate of drug-likeness (QED) is 0.652. The second kappa shape index (κ2) is 6.29. The number of aromatic nitrogens is 2. The lowest BCUT2D eigenvalue weighted by Crippen LogP contribution is -2.48. The Labute approximate surface area is 144 Å². The van der Waals surface area contributed by atoms with E-state index in [2.05, 4.69) is 15.6 Å². The number of carbonyl (C=O) groups excluding carboxylic acids is 1. The van der Waals surface area contributed by atoms with E-state index in [0.29, 0.717) is 23.3 Å². The molecule has 25 heavy (non-hydrogen) atoms. The maximum Gasteiger partial charge on any atom is 0.294 e. The second-order valence-electron chi connectivity index (χ2n) is 6.71. The van der Waals surface area contributed by atoms with Crippen LogP contribution in [-0.2, 0) is 0 Å². The van der Waals surface area contributed by atoms with Crippen LogP contribution in [0.25, 0.3) is 5.69 Å². The van der Waals surface area contributed by atoms with Crippen LogP contribution in [0.1, 0.15) is 36.0 Å². The van der Waals surface area contributed by atoms with Gasteiger partial charge in [0.15, 0.2) is 0 Å². The van der Waals surface area contributed by atoms with E-state index in [1.165, 1.54) is 12.4 Å². The SMILES string of the molecule is O=C(NC1CC2CCC(C1)N2)c1ccc(-n2ccnc2)c([N+](=O)[O-])c1. The number of hydrogen-bond acceptors (Lipinski definition) is 5. The molecule has 0 radical (unpaired) electrons. The number of amides is 1. The van der Waals surface area contributed by atoms with Crippen LogP contribution < -0.4 is 10.6 Å². The van der Waals surface area contributed by atoms with Gasteiger partial charge in [0.05, 0.1) is 11.3 Å². The molecular weight excluding hydrogens is 322 g/mol. The van der Waals surface area contributed by atoms with E-state index in [1.54, 1.807) is 29.1 Å². The Morgan fingerprint density at radius 3 is 2.72 bits per heavy atom. The van der Waals surface area contributed by atoms with Gasteiger partial charge < -0.3 is 15.2 Å². The topological polar surface area (TPSA) is 102 Å². The fraction of sp³-hybridized carbons (Fsp3) is 0.412. The van der Waals surface area contributed by atoms with Crippen LogP contribution in [0.2, 0.25) is 0 Å². The van der Waals surface area contributed by atoms with Gasteiger partial charge in [-0.1, -0.05) is 0 Å². The van der Waals surface area contributed by atoms with Gasteiger partial charge in [0.25, 0.3) is 11.6 Å². The van der Waals surface area contributed by atoms with Gasteiger partial charge in [0, 0.05) is 42.1 Å². The minimum absolute atomic E-state index is 0.115. The third kappa shape index (κ3) is 3.12. The van der Waals surface area contributed by atoms with Crippen LogP contribution >= 0.6 is 0 Å². The zero-order valence-corrected chi connectivity index (χ0v) is 13.6. The zero-order chi connectivity index (χ0) is 17.4. The molecule has 2 fully saturated rings. The number of piperidine rings is 1. The molecule has 2 N–H and O–H groups in total. The van der Waals surface area contributed by atoms with Gasteiger partial charge in [0.1, 0.15) is 5.69 Å². The van der Waals surface area contributed by atoms with Crippen molar-refractivity contribution < 1.29 is 9.72 Å². The Balaban J connectivity index is 1.54. The standard InChI is InChI=1S/C17H19N5O3/c23-17(20-14-8-12-2-3-13(9-14)19-12)11-1-4-15(16(7-11)22(24)25)21-6-5-18-10-21/h1,4-7,10,12-14,19H,2-3,8-9H2,(H,20,23). The van der Waals surface area contributed by atoms with Crippen LogP contribution in [0, 0.1) is 10.1 Å². The predicted octanol–water partition coefficient (Wildman–Crippen LogP) is 1.79. The summed E-state index contributed by atoms with van der Waals surface area (Å²) in [5, 5.41) is 18.0. The number of imidazole rings is 1. The van der Waals surface area contributed by atoms with Crippen molar-refractivity contribution in [3.8, 4) is 5.69 Å². The van der Waals surface area contributed by atoms with Crippen molar-refractivity contribution in [2.75, 3.05) is 0 Å². The number of nitro benzene ring substituents is 1. The van der Waals surface area contributed by atoms with Gasteiger partial charge in [-0.3, -0.25) is 14.9 Å². The molecule has 1 amide bonds. The van der Waals surface area contributed by atoms with Crippen molar-refractivity contribution in [1.29, 1.82) is 0 Å². The Morgan fingerprint density at radius 1 is 1.32 bits per heavy atom. The first-order valence-electron chi connectivity index (χ1n) is 8.44. The van der Waals surface area contributed by atoms with E-state index in [9.17, 15) is 14.9 Å². The van der Waals surface area contributed by atoms with E-state index in [-0.39, 0.29) is 17.6 Å². The summed E-state index contributed by atoms with van der Waals surface area (Å²) in [7, 11) is 0. The number of fused-ring (bicyclic) bond motifs is 2. The summed E-state index contributed by atoms with van der Waals surface area (Å²) in [5.41, 5.74) is 0.580. The molecule has 2 aliphatic heterocycles. The normalized spacial score (nSPS) is 24.9. The Morgan fingerprint density at radius 2 is 2.08 bits per heavy atom. The van der Waals surface area contributed by atoms with Crippen LogP contribution in [0.3, 0.4) is 0 Å². The molecule has 2 atom stereocenters. The number of hydrogen-bond donors (Lipinski definition) is 2. The smallest absolute Gasteiger partial charge is 0.294 e. The molecule has 0 saturated carbocycles. The summed E-state index contributed by atoms with van der Waals surface area (Å²) in [4.78, 5) is 27.4. The van der Waals surface area contributed by atoms with Crippen molar-refractivity contribution in [2.45, 2.75) is 43.8 Å². The van der Waals surface area contributed by atoms with E-state index in [1.807, 2.05) is 0 Å². The van der Waals surface area contributed by atoms with Gasteiger partial charge in [-0.25, -0.2) is 4.98 Å². The molecule has 2 aromatic rings. The van der Waals surface area contributed by atoms with Gasteiger partial charge in [0.2, 0.25) is 0 Å². The molecule has 2 bridgehead atoms. The summed E-state index contributed by atoms with van der Waals surface area (Å²) < 4.78 is 1.56. The zero-order valence-electron chi connectivity index (χ0n) is 13.6. The van der Waals surface area contributed by atoms with E-state index < -0.39 is 4.92 Å². The number of rotatable bonds is 4. The third-order valence-corrected chi connectivity index (χ3v) is 5.03. The largest absolute Gasteiger partial charge is 0.349 e. The molecule has 130 valence electrons. The minimum atomic E-state index is -0.475. The summed E-state index contributed by atoms with van der Waals surface area (Å²) in [6.07, 6.45) is 8.81. The fourth-order valence-corrected chi connectivity index (χ4v) is 3.87. The average Bonchev–Trinajstić information content (AvgIpc) is 3.24. The highest BCUT2D eigenvalue weighted by atomic mass is 16.6. The molecule has 2 saturated heterocycles. The third-order valence-electron chi connectivity index (χ3n) is 5.03. The lowest BCUT2D eigenvalue weighted by molar-refractivity contribution is -0.384. The van der Waals surface area contributed by atoms with Gasteiger partial charge in [-0.05, 0) is 37.8 Å². The first kappa shape index (κ1) is 15.8. The monoisotopic (exact) mass is 341 g/mol. The maximum absolute atomic E-state index is 12.5. The molecule has 1 aromatic heterocycles. The summed E-state index contributed by atoms with van der Waals surface area (Å²) in [5.74, 6) is -0.258. The van der Waals surface area contributed by atoms with Crippen LogP contribution in [0.4, 0.5) is 5.69 Å². The van der Waals surface area contributed by atoms with Crippen LogP contribution in [-0.4, -0.2) is 38.5 Å². The van der Waals surface area contributed by atoms with E-state index in [0.717, 1.165) is 25.7 Å². The molecule has 8 heteroatoms. The van der Waals surface area contributed by atoms with Gasteiger partial charge >= 0.3 is 0 Å². The number of nitrogens with zero attached hydrogens (tertiary/aromatic N) is 3. The summed E-state index contributed by atoms with van der Waals surface area (Å²) in [6, 6.07) is 5.61. The number of benzene rings is 1. The first-order chi connectivity index (χ1) is 12.1. The van der Waals surface area contributed by atoms with Crippen LogP contribution in [0.5, 0.6) is 0 Å². The highest BCUT2D eigenvalue weighted by Gasteiger charge is 2.34. The number of carbonyl (C=O) groups is 1. The van der Waals surface area contributed by atoms with Crippen LogP contribution in [0.15, 0.2) is 36.9 Å². The number of nitrogens with one attached hydrogen (secondary N) is 2. The maximum atomic E-state index is 12.5. The fourth-order valence-electron chi connectivity index (χ4n) is 3.87. The van der Waals surface area contributed by atoms with Gasteiger partial charge in [-0.2, -0.15) is 0 Å². The first-order valence-corrected chi connectivity index (χ1v) is 8.44. The second-order valence-corrected chi connectivity index (χ2v) is 6.71. The highest BCUT2D eigenvalue weighted by Crippen LogP contribution is 2.28. The summed E-state index contributed by atoms with van der Waals surface area (Å²) >= 11 is 0. The van der Waals surface area contributed by atoms with Crippen molar-refractivity contribution in [3.63, 3.8) is 0 Å². The molecule has 3 heterocycles. The average molecular weight is 341 g/mol. The van der Waals surface area contributed by atoms with Crippen molar-refractivity contribution in [2.24, 2.45) is 0 Å². The molecule has 2 aliphatic rings. The highest BCUT2D eigenvalue weighted by molar-refractivity contribution is 5.95. The Hall–Kier alpha value is -2.74. The van der Waals surface area contributed by atoms with E-state index in [4.69, 9.17) is 0 Å². The molecule has 8 nitrogen and oxygen atoms in total. The lowest BCUT2D eigenvalue weighted by atomic mass is 9.99. The van der Waals surface area contributed by atoms with Crippen molar-refractivity contribution in [1.82, 2.24) is 20.2 Å². The van der Waals surface area contributed by atoms with Crippen molar-refractivity contribution in [3.05, 3.63) is 52.6 Å². The molecule has 0 spiro atoms. The van der Waals surface area contributed by atoms with E-state index >= 15 is 0 Å². The predicted molar refractivity (Wildman–Crippen MR) is 90.7 cm³/mol.